The van der Waals surface area contributed by atoms with Crippen molar-refractivity contribution in [2.75, 3.05) is 17.7 Å². The number of Topliss-reactive ketones (excluding diaryl/α,β-unsaturated/α-hetero) is 1. The third-order valence-electron chi connectivity index (χ3n) is 5.07. The molecular weight excluding hydrogens is 404 g/mol. The standard InChI is InChI=1S/C26H28N2O4/c1-5-24(29)23-15-21(28-26(30)27-20-7-6-8-22(14-20)31-4)11-12-25(23)32-16-19-10-9-17(2)13-18(19)3/h6-15H,5,16H2,1-4H3,(H2,27,28,30). The molecule has 2 amide bonds. The molecule has 0 unspecified atom stereocenters. The number of hydrogen-bond donors (Lipinski definition) is 2. The molecule has 0 heterocycles. The highest BCUT2D eigenvalue weighted by Crippen LogP contribution is 2.26. The van der Waals surface area contributed by atoms with Crippen LogP contribution in [0, 0.1) is 13.8 Å². The number of ether oxygens (including phenoxy) is 2. The van der Waals surface area contributed by atoms with Crippen LogP contribution in [0.4, 0.5) is 16.2 Å². The lowest BCUT2D eigenvalue weighted by Crippen LogP contribution is -2.19. The number of methoxy groups -OCH3 is 1. The highest BCUT2D eigenvalue weighted by Gasteiger charge is 2.14. The van der Waals surface area contributed by atoms with Crippen LogP contribution in [-0.4, -0.2) is 18.9 Å². The molecule has 6 nitrogen and oxygen atoms in total. The van der Waals surface area contributed by atoms with Crippen LogP contribution in [0.25, 0.3) is 0 Å². The lowest BCUT2D eigenvalue weighted by atomic mass is 10.1. The number of aryl methyl sites for hydroxylation is 2. The van der Waals surface area contributed by atoms with Crippen molar-refractivity contribution in [1.82, 2.24) is 0 Å². The Morgan fingerprint density at radius 1 is 0.906 bits per heavy atom. The molecule has 0 saturated carbocycles. The minimum Gasteiger partial charge on any atom is -0.497 e. The fourth-order valence-corrected chi connectivity index (χ4v) is 3.30. The number of benzene rings is 3. The molecule has 0 spiro atoms. The lowest BCUT2D eigenvalue weighted by molar-refractivity contribution is 0.0983. The summed E-state index contributed by atoms with van der Waals surface area (Å²) in [6.45, 7) is 6.24. The molecule has 0 saturated heterocycles. The number of carbonyl (C=O) groups excluding carboxylic acids is 2. The van der Waals surface area contributed by atoms with Crippen molar-refractivity contribution in [1.29, 1.82) is 0 Å². The Morgan fingerprint density at radius 2 is 1.66 bits per heavy atom. The molecule has 6 heteroatoms. The number of carbonyl (C=O) groups is 2. The molecule has 3 aromatic rings. The quantitative estimate of drug-likeness (QED) is 0.420. The van der Waals surface area contributed by atoms with E-state index in [4.69, 9.17) is 9.47 Å². The van der Waals surface area contributed by atoms with Gasteiger partial charge in [0.05, 0.1) is 12.7 Å². The van der Waals surface area contributed by atoms with E-state index in [1.165, 1.54) is 5.56 Å². The zero-order valence-electron chi connectivity index (χ0n) is 18.8. The van der Waals surface area contributed by atoms with Crippen LogP contribution in [0.3, 0.4) is 0 Å². The first-order valence-electron chi connectivity index (χ1n) is 10.5. The average Bonchev–Trinajstić information content (AvgIpc) is 2.78. The maximum absolute atomic E-state index is 12.5. The van der Waals surface area contributed by atoms with E-state index in [1.54, 1.807) is 56.5 Å². The van der Waals surface area contributed by atoms with Crippen molar-refractivity contribution in [3.05, 3.63) is 82.9 Å². The summed E-state index contributed by atoms with van der Waals surface area (Å²) in [6.07, 6.45) is 0.333. The van der Waals surface area contributed by atoms with Gasteiger partial charge < -0.3 is 20.1 Å². The summed E-state index contributed by atoms with van der Waals surface area (Å²) in [4.78, 5) is 24.9. The molecule has 3 aromatic carbocycles. The van der Waals surface area contributed by atoms with Crippen LogP contribution < -0.4 is 20.1 Å². The van der Waals surface area contributed by atoms with Crippen molar-refractivity contribution in [2.24, 2.45) is 0 Å². The van der Waals surface area contributed by atoms with Crippen molar-refractivity contribution >= 4 is 23.2 Å². The second kappa shape index (κ2) is 10.5. The van der Waals surface area contributed by atoms with Gasteiger partial charge in [-0.3, -0.25) is 4.79 Å². The van der Waals surface area contributed by atoms with E-state index in [1.807, 2.05) is 26.0 Å². The zero-order valence-corrected chi connectivity index (χ0v) is 18.8. The van der Waals surface area contributed by atoms with E-state index in [-0.39, 0.29) is 5.78 Å². The number of amides is 2. The highest BCUT2D eigenvalue weighted by molar-refractivity contribution is 6.03. The number of hydrogen-bond acceptors (Lipinski definition) is 4. The lowest BCUT2D eigenvalue weighted by Gasteiger charge is -2.14. The fraction of sp³-hybridized carbons (Fsp3) is 0.231. The third-order valence-corrected chi connectivity index (χ3v) is 5.07. The summed E-state index contributed by atoms with van der Waals surface area (Å²) >= 11 is 0. The minimum atomic E-state index is -0.419. The number of anilines is 2. The van der Waals surface area contributed by atoms with Crippen molar-refractivity contribution in [3.8, 4) is 11.5 Å². The number of rotatable bonds is 8. The SMILES string of the molecule is CCC(=O)c1cc(NC(=O)Nc2cccc(OC)c2)ccc1OCc1ccc(C)cc1C. The molecule has 0 aliphatic heterocycles. The van der Waals surface area contributed by atoms with Gasteiger partial charge in [-0.15, -0.1) is 0 Å². The normalized spacial score (nSPS) is 10.4. The summed E-state index contributed by atoms with van der Waals surface area (Å²) < 4.78 is 11.2. The predicted molar refractivity (Wildman–Crippen MR) is 127 cm³/mol. The summed E-state index contributed by atoms with van der Waals surface area (Å²) in [6, 6.07) is 17.9. The Kier molecular flexibility index (Phi) is 7.49. The van der Waals surface area contributed by atoms with Gasteiger partial charge in [0.1, 0.15) is 18.1 Å². The molecule has 0 radical (unpaired) electrons. The first kappa shape index (κ1) is 22.9. The number of ketones is 1. The largest absolute Gasteiger partial charge is 0.497 e. The second-order valence-electron chi connectivity index (χ2n) is 7.52. The van der Waals surface area contributed by atoms with Gasteiger partial charge in [0, 0.05) is 23.9 Å². The van der Waals surface area contributed by atoms with Crippen LogP contribution in [-0.2, 0) is 6.61 Å². The van der Waals surface area contributed by atoms with Crippen LogP contribution in [0.15, 0.2) is 60.7 Å². The summed E-state index contributed by atoms with van der Waals surface area (Å²) in [5.41, 5.74) is 4.93. The van der Waals surface area contributed by atoms with Crippen molar-refractivity contribution in [2.45, 2.75) is 33.8 Å². The molecule has 0 atom stereocenters. The van der Waals surface area contributed by atoms with Crippen LogP contribution in [0.5, 0.6) is 11.5 Å². The van der Waals surface area contributed by atoms with Gasteiger partial charge in [0.25, 0.3) is 0 Å². The molecule has 166 valence electrons. The van der Waals surface area contributed by atoms with E-state index >= 15 is 0 Å². The molecular formula is C26H28N2O4. The van der Waals surface area contributed by atoms with Gasteiger partial charge in [-0.2, -0.15) is 0 Å². The summed E-state index contributed by atoms with van der Waals surface area (Å²) in [5.74, 6) is 1.08. The molecule has 3 rings (SSSR count). The predicted octanol–water partition coefficient (Wildman–Crippen LogP) is 6.13. The maximum atomic E-state index is 12.5. The van der Waals surface area contributed by atoms with Gasteiger partial charge >= 0.3 is 6.03 Å². The molecule has 0 fully saturated rings. The van der Waals surface area contributed by atoms with E-state index in [0.29, 0.717) is 41.5 Å². The Bertz CT molecular complexity index is 1120. The number of urea groups is 1. The molecule has 0 bridgehead atoms. The monoisotopic (exact) mass is 432 g/mol. The van der Waals surface area contributed by atoms with Gasteiger partial charge in [-0.05, 0) is 55.3 Å². The second-order valence-corrected chi connectivity index (χ2v) is 7.52. The minimum absolute atomic E-state index is 0.0579. The van der Waals surface area contributed by atoms with Crippen molar-refractivity contribution in [3.63, 3.8) is 0 Å². The Labute approximate surface area is 188 Å². The van der Waals surface area contributed by atoms with Crippen molar-refractivity contribution < 1.29 is 19.1 Å². The molecule has 2 N–H and O–H groups in total. The first-order valence-corrected chi connectivity index (χ1v) is 10.5. The van der Waals surface area contributed by atoms with Crippen LogP contribution >= 0.6 is 0 Å². The first-order chi connectivity index (χ1) is 15.4. The maximum Gasteiger partial charge on any atom is 0.323 e. The number of nitrogens with one attached hydrogen (secondary N) is 2. The molecule has 0 aromatic heterocycles. The van der Waals surface area contributed by atoms with Crippen LogP contribution in [0.1, 0.15) is 40.4 Å². The summed E-state index contributed by atoms with van der Waals surface area (Å²) in [5, 5.41) is 5.52. The summed E-state index contributed by atoms with van der Waals surface area (Å²) in [7, 11) is 1.56. The van der Waals surface area contributed by atoms with E-state index in [2.05, 4.69) is 16.7 Å². The van der Waals surface area contributed by atoms with Gasteiger partial charge in [-0.25, -0.2) is 4.79 Å². The average molecular weight is 433 g/mol. The van der Waals surface area contributed by atoms with Crippen LogP contribution in [0.2, 0.25) is 0 Å². The Hall–Kier alpha value is -3.80. The third kappa shape index (κ3) is 5.88. The van der Waals surface area contributed by atoms with E-state index < -0.39 is 6.03 Å². The molecule has 0 aliphatic carbocycles. The van der Waals surface area contributed by atoms with E-state index in [0.717, 1.165) is 11.1 Å². The van der Waals surface area contributed by atoms with Gasteiger partial charge in [0.15, 0.2) is 5.78 Å². The zero-order chi connectivity index (χ0) is 23.1. The molecule has 0 aliphatic rings. The van der Waals surface area contributed by atoms with Gasteiger partial charge in [0.2, 0.25) is 0 Å². The topological polar surface area (TPSA) is 76.7 Å². The Morgan fingerprint density at radius 3 is 2.34 bits per heavy atom. The highest BCUT2D eigenvalue weighted by atomic mass is 16.5. The van der Waals surface area contributed by atoms with Gasteiger partial charge in [-0.1, -0.05) is 36.8 Å². The smallest absolute Gasteiger partial charge is 0.323 e. The fourth-order valence-electron chi connectivity index (χ4n) is 3.30. The van der Waals surface area contributed by atoms with E-state index in [9.17, 15) is 9.59 Å². The molecule has 32 heavy (non-hydrogen) atoms. The Balaban J connectivity index is 1.73.